The van der Waals surface area contributed by atoms with Crippen molar-refractivity contribution in [3.05, 3.63) is 97.2 Å². The zero-order valence-corrected chi connectivity index (χ0v) is 47.9. The van der Waals surface area contributed by atoms with Gasteiger partial charge in [0.2, 0.25) is 0 Å². The summed E-state index contributed by atoms with van der Waals surface area (Å²) in [6.07, 6.45) is 81.1. The van der Waals surface area contributed by atoms with E-state index in [-0.39, 0.29) is 31.1 Å². The van der Waals surface area contributed by atoms with Gasteiger partial charge in [-0.25, -0.2) is 0 Å². The van der Waals surface area contributed by atoms with Crippen LogP contribution in [0.25, 0.3) is 0 Å². The Balaban J connectivity index is 4.44. The lowest BCUT2D eigenvalue weighted by Crippen LogP contribution is -2.30. The molecule has 1 atom stereocenters. The van der Waals surface area contributed by atoms with E-state index in [1.165, 1.54) is 116 Å². The summed E-state index contributed by atoms with van der Waals surface area (Å²) >= 11 is 0. The van der Waals surface area contributed by atoms with Crippen LogP contribution in [-0.4, -0.2) is 37.2 Å². The largest absolute Gasteiger partial charge is 0.462 e. The second-order valence-corrected chi connectivity index (χ2v) is 20.2. The maximum Gasteiger partial charge on any atom is 0.306 e. The molecule has 418 valence electrons. The standard InChI is InChI=1S/C67H114O6/c1-4-7-10-13-16-19-22-25-28-31-32-33-34-35-36-37-40-42-45-48-51-54-57-60-66(69)72-63-64(73-67(70)61-58-55-52-49-46-43-39-30-27-24-21-18-15-12-9-6-3)62-71-65(68)59-56-53-50-47-44-41-38-29-26-23-20-17-14-11-8-5-2/h7,10,16,19,21,24-25,28,30,32-33,35-36,39-40,42,64H,4-6,8-9,11-15,17-18,20,22-23,26-27,29,31,34,37-38,41,43-63H2,1-3H3/b10-7-,19-16-,24-21-,28-25-,33-32-,36-35-,39-30-,42-40-. The van der Waals surface area contributed by atoms with Gasteiger partial charge < -0.3 is 14.2 Å². The van der Waals surface area contributed by atoms with E-state index in [0.717, 1.165) is 135 Å². The number of hydrogen-bond acceptors (Lipinski definition) is 6. The Hall–Kier alpha value is -3.67. The Morgan fingerprint density at radius 1 is 0.288 bits per heavy atom. The SMILES string of the molecule is CC/C=C\C/C=C\C/C=C\C/C=C\C/C=C\C/C=C\CCCCCCC(=O)OCC(COC(=O)CCCCCCCCCCCCCCCCCC)OC(=O)CCCCCCC/C=C\C/C=C\CCCCCC. The van der Waals surface area contributed by atoms with E-state index in [0.29, 0.717) is 19.3 Å². The van der Waals surface area contributed by atoms with E-state index in [9.17, 15) is 14.4 Å². The Kier molecular flexibility index (Phi) is 57.8. The molecule has 6 heteroatoms. The molecule has 0 aliphatic rings. The van der Waals surface area contributed by atoms with Crippen LogP contribution in [0, 0.1) is 0 Å². The van der Waals surface area contributed by atoms with Crippen LogP contribution < -0.4 is 0 Å². The molecule has 0 N–H and O–H groups in total. The molecule has 0 radical (unpaired) electrons. The van der Waals surface area contributed by atoms with Crippen LogP contribution in [0.1, 0.15) is 290 Å². The van der Waals surface area contributed by atoms with Crippen molar-refractivity contribution in [1.29, 1.82) is 0 Å². The number of rotatable bonds is 55. The number of hydrogen-bond donors (Lipinski definition) is 0. The predicted octanol–water partition coefficient (Wildman–Crippen LogP) is 20.9. The lowest BCUT2D eigenvalue weighted by atomic mass is 10.0. The van der Waals surface area contributed by atoms with E-state index in [2.05, 4.69) is 118 Å². The highest BCUT2D eigenvalue weighted by molar-refractivity contribution is 5.71. The number of unbranched alkanes of at least 4 members (excludes halogenated alkanes) is 28. The third-order valence-electron chi connectivity index (χ3n) is 13.1. The smallest absolute Gasteiger partial charge is 0.306 e. The lowest BCUT2D eigenvalue weighted by Gasteiger charge is -2.18. The summed E-state index contributed by atoms with van der Waals surface area (Å²) in [7, 11) is 0. The second-order valence-electron chi connectivity index (χ2n) is 20.2. The zero-order chi connectivity index (χ0) is 52.9. The first-order valence-corrected chi connectivity index (χ1v) is 30.7. The zero-order valence-electron chi connectivity index (χ0n) is 47.9. The van der Waals surface area contributed by atoms with Gasteiger partial charge in [-0.2, -0.15) is 0 Å². The summed E-state index contributed by atoms with van der Waals surface area (Å²) in [6.45, 7) is 6.50. The molecule has 0 amide bonds. The quantitative estimate of drug-likeness (QED) is 0.0261. The highest BCUT2D eigenvalue weighted by Gasteiger charge is 2.19. The van der Waals surface area contributed by atoms with Crippen molar-refractivity contribution in [3.8, 4) is 0 Å². The lowest BCUT2D eigenvalue weighted by molar-refractivity contribution is -0.167. The van der Waals surface area contributed by atoms with Gasteiger partial charge in [-0.05, 0) is 103 Å². The van der Waals surface area contributed by atoms with Gasteiger partial charge in [0.15, 0.2) is 6.10 Å². The molecule has 0 aromatic carbocycles. The number of esters is 3. The highest BCUT2D eigenvalue weighted by atomic mass is 16.6. The average molecular weight is 1020 g/mol. The van der Waals surface area contributed by atoms with Gasteiger partial charge in [0.05, 0.1) is 0 Å². The summed E-state index contributed by atoms with van der Waals surface area (Å²) < 4.78 is 16.9. The fourth-order valence-corrected chi connectivity index (χ4v) is 8.48. The molecule has 0 aliphatic carbocycles. The number of allylic oxidation sites excluding steroid dienone is 16. The maximum atomic E-state index is 12.9. The molecular formula is C67H114O6. The van der Waals surface area contributed by atoms with Crippen molar-refractivity contribution in [2.75, 3.05) is 13.2 Å². The number of carbonyl (C=O) groups excluding carboxylic acids is 3. The first-order chi connectivity index (χ1) is 36.0. The second kappa shape index (κ2) is 60.9. The van der Waals surface area contributed by atoms with Gasteiger partial charge in [0, 0.05) is 19.3 Å². The molecule has 1 unspecified atom stereocenters. The first-order valence-electron chi connectivity index (χ1n) is 30.7. The summed E-state index contributed by atoms with van der Waals surface area (Å²) in [5.41, 5.74) is 0. The molecule has 0 aliphatic heterocycles. The van der Waals surface area contributed by atoms with Gasteiger partial charge in [-0.15, -0.1) is 0 Å². The topological polar surface area (TPSA) is 78.9 Å². The Labute approximate surface area is 451 Å². The molecule has 0 heterocycles. The summed E-state index contributed by atoms with van der Waals surface area (Å²) in [5, 5.41) is 0. The van der Waals surface area contributed by atoms with Crippen molar-refractivity contribution in [2.45, 2.75) is 297 Å². The van der Waals surface area contributed by atoms with Gasteiger partial charge in [0.1, 0.15) is 13.2 Å². The molecule has 73 heavy (non-hydrogen) atoms. The first kappa shape index (κ1) is 69.3. The van der Waals surface area contributed by atoms with Crippen molar-refractivity contribution in [2.24, 2.45) is 0 Å². The van der Waals surface area contributed by atoms with Crippen LogP contribution in [0.2, 0.25) is 0 Å². The van der Waals surface area contributed by atoms with Crippen molar-refractivity contribution in [1.82, 2.24) is 0 Å². The summed E-state index contributed by atoms with van der Waals surface area (Å²) in [5.74, 6) is -0.921. The van der Waals surface area contributed by atoms with Crippen LogP contribution in [0.15, 0.2) is 97.2 Å². The fourth-order valence-electron chi connectivity index (χ4n) is 8.48. The molecule has 0 saturated carbocycles. The minimum absolute atomic E-state index is 0.0897. The van der Waals surface area contributed by atoms with Crippen LogP contribution in [0.4, 0.5) is 0 Å². The predicted molar refractivity (Wildman–Crippen MR) is 316 cm³/mol. The maximum absolute atomic E-state index is 12.9. The average Bonchev–Trinajstić information content (AvgIpc) is 3.39. The van der Waals surface area contributed by atoms with E-state index in [1.54, 1.807) is 0 Å². The van der Waals surface area contributed by atoms with Gasteiger partial charge in [0.25, 0.3) is 0 Å². The minimum Gasteiger partial charge on any atom is -0.462 e. The van der Waals surface area contributed by atoms with Crippen LogP contribution in [0.3, 0.4) is 0 Å². The fraction of sp³-hybridized carbons (Fsp3) is 0.716. The molecule has 0 saturated heterocycles. The Morgan fingerprint density at radius 2 is 0.534 bits per heavy atom. The van der Waals surface area contributed by atoms with Crippen molar-refractivity contribution in [3.63, 3.8) is 0 Å². The molecule has 0 fully saturated rings. The van der Waals surface area contributed by atoms with Crippen LogP contribution in [-0.2, 0) is 28.6 Å². The molecular weight excluding hydrogens is 901 g/mol. The molecule has 0 aromatic rings. The van der Waals surface area contributed by atoms with Gasteiger partial charge in [-0.3, -0.25) is 14.4 Å². The van der Waals surface area contributed by atoms with E-state index >= 15 is 0 Å². The van der Waals surface area contributed by atoms with Gasteiger partial charge in [-0.1, -0.05) is 266 Å². The highest BCUT2D eigenvalue weighted by Crippen LogP contribution is 2.16. The minimum atomic E-state index is -0.796. The molecule has 0 bridgehead atoms. The van der Waals surface area contributed by atoms with Crippen molar-refractivity contribution < 1.29 is 28.6 Å². The van der Waals surface area contributed by atoms with E-state index in [1.807, 2.05) is 0 Å². The van der Waals surface area contributed by atoms with Gasteiger partial charge >= 0.3 is 17.9 Å². The Bertz CT molecular complexity index is 1440. The molecule has 0 aromatic heterocycles. The van der Waals surface area contributed by atoms with Crippen LogP contribution in [0.5, 0.6) is 0 Å². The Morgan fingerprint density at radius 3 is 0.849 bits per heavy atom. The van der Waals surface area contributed by atoms with E-state index < -0.39 is 6.10 Å². The van der Waals surface area contributed by atoms with Crippen molar-refractivity contribution >= 4 is 17.9 Å². The third-order valence-corrected chi connectivity index (χ3v) is 13.1. The molecule has 0 spiro atoms. The summed E-state index contributed by atoms with van der Waals surface area (Å²) in [6, 6.07) is 0. The van der Waals surface area contributed by atoms with E-state index in [4.69, 9.17) is 14.2 Å². The number of carbonyl (C=O) groups is 3. The monoisotopic (exact) mass is 1010 g/mol. The van der Waals surface area contributed by atoms with Crippen LogP contribution >= 0.6 is 0 Å². The normalized spacial score (nSPS) is 12.8. The number of ether oxygens (including phenoxy) is 3. The molecule has 6 nitrogen and oxygen atoms in total. The third kappa shape index (κ3) is 59.1. The summed E-state index contributed by atoms with van der Waals surface area (Å²) in [4.78, 5) is 38.3. The molecule has 0 rings (SSSR count).